The van der Waals surface area contributed by atoms with Gasteiger partial charge in [-0.05, 0) is 12.1 Å². The van der Waals surface area contributed by atoms with Crippen molar-refractivity contribution in [3.8, 4) is 0 Å². The summed E-state index contributed by atoms with van der Waals surface area (Å²) in [7, 11) is -3.55. The molecule has 2 rings (SSSR count). The molecule has 0 atom stereocenters. The Morgan fingerprint density at radius 1 is 1.33 bits per heavy atom. The molecule has 0 spiro atoms. The molecule has 0 radical (unpaired) electrons. The molecule has 0 unspecified atom stereocenters. The molecule has 0 aromatic heterocycles. The van der Waals surface area contributed by atoms with Crippen molar-refractivity contribution >= 4 is 22.0 Å². The molecular formula is C9H10N2O3S. The van der Waals surface area contributed by atoms with E-state index in [1.165, 1.54) is 12.4 Å². The van der Waals surface area contributed by atoms with Crippen LogP contribution in [0.3, 0.4) is 0 Å². The first-order valence-electron chi connectivity index (χ1n) is 4.42. The van der Waals surface area contributed by atoms with E-state index in [9.17, 15) is 8.42 Å². The number of hydrogen-bond acceptors (Lipinski definition) is 4. The summed E-state index contributed by atoms with van der Waals surface area (Å²) < 4.78 is 26.5. The zero-order chi connectivity index (χ0) is 10.9. The van der Waals surface area contributed by atoms with Gasteiger partial charge in [-0.2, -0.15) is 8.42 Å². The Balaban J connectivity index is 2.55. The highest BCUT2D eigenvalue weighted by atomic mass is 32.2. The van der Waals surface area contributed by atoms with Gasteiger partial charge in [-0.25, -0.2) is 0 Å². The minimum absolute atomic E-state index is 0.0552. The first-order chi connectivity index (χ1) is 7.15. The second-order valence-corrected chi connectivity index (χ2v) is 4.68. The molecule has 0 fully saturated rings. The Bertz CT molecular complexity index is 496. The second-order valence-electron chi connectivity index (χ2n) is 3.08. The number of sulfonamides is 1. The highest BCUT2D eigenvalue weighted by molar-refractivity contribution is 7.90. The van der Waals surface area contributed by atoms with Crippen LogP contribution in [0.15, 0.2) is 33.6 Å². The highest BCUT2D eigenvalue weighted by Crippen LogP contribution is 2.28. The Hall–Kier alpha value is -1.40. The lowest BCUT2D eigenvalue weighted by Gasteiger charge is -2.23. The number of para-hydroxylation sites is 1. The van der Waals surface area contributed by atoms with Crippen molar-refractivity contribution in [2.75, 3.05) is 18.1 Å². The molecule has 1 heterocycles. The highest BCUT2D eigenvalue weighted by Gasteiger charge is 2.23. The minimum atomic E-state index is -3.55. The van der Waals surface area contributed by atoms with E-state index in [1.807, 2.05) is 0 Å². The fraction of sp³-hybridized carbons (Fsp3) is 0.222. The Morgan fingerprint density at radius 3 is 2.80 bits per heavy atom. The number of rotatable bonds is 2. The maximum Gasteiger partial charge on any atom is 0.285 e. The number of benzene rings is 1. The molecule has 0 amide bonds. The predicted molar refractivity (Wildman–Crippen MR) is 56.6 cm³/mol. The van der Waals surface area contributed by atoms with Gasteiger partial charge in [0.1, 0.15) is 11.2 Å². The monoisotopic (exact) mass is 226 g/mol. The SMILES string of the molecule is O=S1(=O)N=CN(CCO)c2ccccc21. The first-order valence-corrected chi connectivity index (χ1v) is 5.86. The number of anilines is 1. The average molecular weight is 226 g/mol. The number of nitrogens with zero attached hydrogens (tertiary/aromatic N) is 2. The van der Waals surface area contributed by atoms with Gasteiger partial charge in [0, 0.05) is 6.54 Å². The van der Waals surface area contributed by atoms with Crippen LogP contribution in [0, 0.1) is 0 Å². The van der Waals surface area contributed by atoms with E-state index in [0.717, 1.165) is 0 Å². The number of aliphatic hydroxyl groups excluding tert-OH is 1. The lowest BCUT2D eigenvalue weighted by atomic mass is 10.3. The summed E-state index contributed by atoms with van der Waals surface area (Å²) in [6.45, 7) is 0.274. The van der Waals surface area contributed by atoms with Crippen molar-refractivity contribution in [3.63, 3.8) is 0 Å². The average Bonchev–Trinajstić information content (AvgIpc) is 2.23. The van der Waals surface area contributed by atoms with E-state index in [0.29, 0.717) is 12.2 Å². The first kappa shape index (κ1) is 10.1. The molecular weight excluding hydrogens is 216 g/mol. The summed E-state index contributed by atoms with van der Waals surface area (Å²) in [6.07, 6.45) is 1.23. The Kier molecular flexibility index (Phi) is 2.45. The lowest BCUT2D eigenvalue weighted by molar-refractivity contribution is 0.306. The van der Waals surface area contributed by atoms with Crippen molar-refractivity contribution in [2.45, 2.75) is 4.90 Å². The summed E-state index contributed by atoms with van der Waals surface area (Å²) in [6, 6.07) is 6.59. The smallest absolute Gasteiger partial charge is 0.285 e. The zero-order valence-corrected chi connectivity index (χ0v) is 8.68. The third kappa shape index (κ3) is 1.73. The summed E-state index contributed by atoms with van der Waals surface area (Å²) >= 11 is 0. The molecule has 1 aliphatic heterocycles. The Morgan fingerprint density at radius 2 is 2.07 bits per heavy atom. The Labute approximate surface area is 87.7 Å². The molecule has 6 heteroatoms. The molecule has 0 bridgehead atoms. The third-order valence-electron chi connectivity index (χ3n) is 2.12. The zero-order valence-electron chi connectivity index (χ0n) is 7.87. The van der Waals surface area contributed by atoms with Crippen LogP contribution in [-0.4, -0.2) is 33.0 Å². The van der Waals surface area contributed by atoms with Crippen LogP contribution in [0.1, 0.15) is 0 Å². The van der Waals surface area contributed by atoms with Gasteiger partial charge in [-0.1, -0.05) is 12.1 Å². The van der Waals surface area contributed by atoms with E-state index >= 15 is 0 Å². The number of fused-ring (bicyclic) bond motifs is 1. The summed E-state index contributed by atoms with van der Waals surface area (Å²) in [4.78, 5) is 1.79. The number of β-amino-alcohol motifs (C(OH)–C–C–N with tert-alkyl or cyclic N) is 1. The van der Waals surface area contributed by atoms with Crippen LogP contribution >= 0.6 is 0 Å². The van der Waals surface area contributed by atoms with Gasteiger partial charge in [-0.15, -0.1) is 4.40 Å². The largest absolute Gasteiger partial charge is 0.395 e. The summed E-state index contributed by atoms with van der Waals surface area (Å²) in [5.74, 6) is 0. The van der Waals surface area contributed by atoms with Gasteiger partial charge in [0.25, 0.3) is 10.0 Å². The molecule has 1 aliphatic rings. The van der Waals surface area contributed by atoms with Crippen LogP contribution < -0.4 is 4.90 Å². The van der Waals surface area contributed by atoms with Crippen LogP contribution in [0.2, 0.25) is 0 Å². The molecule has 15 heavy (non-hydrogen) atoms. The van der Waals surface area contributed by atoms with Crippen molar-refractivity contribution in [3.05, 3.63) is 24.3 Å². The third-order valence-corrected chi connectivity index (χ3v) is 3.39. The summed E-state index contributed by atoms with van der Waals surface area (Å²) in [5, 5.41) is 8.82. The van der Waals surface area contributed by atoms with Crippen molar-refractivity contribution in [1.82, 2.24) is 0 Å². The van der Waals surface area contributed by atoms with Crippen molar-refractivity contribution in [2.24, 2.45) is 4.40 Å². The standard InChI is InChI=1S/C9H10N2O3S/c12-6-5-11-7-10-15(13,14)9-4-2-1-3-8(9)11/h1-4,7,12H,5-6H2. The lowest BCUT2D eigenvalue weighted by Crippen LogP contribution is -2.29. The van der Waals surface area contributed by atoms with Gasteiger partial charge in [-0.3, -0.25) is 0 Å². The molecule has 0 saturated heterocycles. The van der Waals surface area contributed by atoms with Crippen molar-refractivity contribution in [1.29, 1.82) is 0 Å². The fourth-order valence-corrected chi connectivity index (χ4v) is 2.49. The predicted octanol–water partition coefficient (Wildman–Crippen LogP) is 0.216. The summed E-state index contributed by atoms with van der Waals surface area (Å²) in [5.41, 5.74) is 0.557. The second kappa shape index (κ2) is 3.63. The molecule has 1 N–H and O–H groups in total. The van der Waals surface area contributed by atoms with Gasteiger partial charge in [0.15, 0.2) is 0 Å². The molecule has 0 saturated carbocycles. The molecule has 1 aromatic rings. The fourth-order valence-electron chi connectivity index (χ4n) is 1.44. The van der Waals surface area contributed by atoms with Gasteiger partial charge in [0.2, 0.25) is 0 Å². The van der Waals surface area contributed by atoms with E-state index in [4.69, 9.17) is 5.11 Å². The molecule has 0 aliphatic carbocycles. The quantitative estimate of drug-likeness (QED) is 0.783. The maximum atomic E-state index is 11.5. The van der Waals surface area contributed by atoms with E-state index in [-0.39, 0.29) is 11.5 Å². The van der Waals surface area contributed by atoms with Crippen LogP contribution in [0.4, 0.5) is 5.69 Å². The van der Waals surface area contributed by atoms with E-state index in [2.05, 4.69) is 4.40 Å². The topological polar surface area (TPSA) is 70.0 Å². The van der Waals surface area contributed by atoms with Gasteiger partial charge >= 0.3 is 0 Å². The minimum Gasteiger partial charge on any atom is -0.395 e. The van der Waals surface area contributed by atoms with E-state index in [1.54, 1.807) is 23.1 Å². The molecule has 5 nitrogen and oxygen atoms in total. The number of hydrogen-bond donors (Lipinski definition) is 1. The molecule has 80 valence electrons. The maximum absolute atomic E-state index is 11.5. The van der Waals surface area contributed by atoms with E-state index < -0.39 is 10.0 Å². The normalized spacial score (nSPS) is 17.5. The van der Waals surface area contributed by atoms with Crippen LogP contribution in [-0.2, 0) is 10.0 Å². The van der Waals surface area contributed by atoms with Gasteiger partial charge < -0.3 is 10.0 Å². The molecule has 1 aromatic carbocycles. The number of aliphatic hydroxyl groups is 1. The van der Waals surface area contributed by atoms with Crippen molar-refractivity contribution < 1.29 is 13.5 Å². The van der Waals surface area contributed by atoms with Crippen LogP contribution in [0.25, 0.3) is 0 Å². The van der Waals surface area contributed by atoms with Gasteiger partial charge in [0.05, 0.1) is 12.3 Å². The van der Waals surface area contributed by atoms with Crippen LogP contribution in [0.5, 0.6) is 0 Å².